The lowest BCUT2D eigenvalue weighted by molar-refractivity contribution is -0.122. The molecule has 28 heavy (non-hydrogen) atoms. The number of carbonyl (C=O) groups excluding carboxylic acids is 3. The van der Waals surface area contributed by atoms with E-state index in [2.05, 4.69) is 15.6 Å². The number of carbonyl (C=O) groups is 3. The third kappa shape index (κ3) is 3.25. The van der Waals surface area contributed by atoms with Crippen molar-refractivity contribution < 1.29 is 19.1 Å². The molecule has 2 N–H and O–H groups in total. The van der Waals surface area contributed by atoms with Crippen LogP contribution >= 0.6 is 0 Å². The summed E-state index contributed by atoms with van der Waals surface area (Å²) in [4.78, 5) is 44.6. The lowest BCUT2D eigenvalue weighted by Crippen LogP contribution is -2.42. The van der Waals surface area contributed by atoms with Crippen molar-refractivity contribution in [2.24, 2.45) is 0 Å². The van der Waals surface area contributed by atoms with Gasteiger partial charge in [-0.2, -0.15) is 0 Å². The van der Waals surface area contributed by atoms with Crippen molar-refractivity contribution in [3.05, 3.63) is 22.9 Å². The van der Waals surface area contributed by atoms with Gasteiger partial charge in [-0.25, -0.2) is 9.78 Å². The zero-order valence-corrected chi connectivity index (χ0v) is 16.2. The molecule has 1 unspecified atom stereocenters. The van der Waals surface area contributed by atoms with E-state index >= 15 is 0 Å². The van der Waals surface area contributed by atoms with E-state index < -0.39 is 6.04 Å². The Balaban J connectivity index is 1.47. The van der Waals surface area contributed by atoms with Gasteiger partial charge in [-0.3, -0.25) is 9.59 Å². The van der Waals surface area contributed by atoms with Crippen molar-refractivity contribution in [1.82, 2.24) is 25.4 Å². The average molecular weight is 387 g/mol. The molecule has 9 heteroatoms. The lowest BCUT2D eigenvalue weighted by atomic mass is 10.1. The monoisotopic (exact) mass is 387 g/mol. The van der Waals surface area contributed by atoms with Crippen LogP contribution in [0, 0.1) is 0 Å². The third-order valence-electron chi connectivity index (χ3n) is 5.78. The third-order valence-corrected chi connectivity index (χ3v) is 5.78. The van der Waals surface area contributed by atoms with E-state index in [1.54, 1.807) is 13.1 Å². The molecule has 1 atom stereocenters. The van der Waals surface area contributed by atoms with Crippen LogP contribution in [0.1, 0.15) is 47.3 Å². The fourth-order valence-electron chi connectivity index (χ4n) is 4.20. The highest BCUT2D eigenvalue weighted by molar-refractivity contribution is 5.98. The number of hydrogen-bond donors (Lipinski definition) is 2. The number of pyridine rings is 1. The smallest absolute Gasteiger partial charge is 0.317 e. The maximum absolute atomic E-state index is 12.9. The summed E-state index contributed by atoms with van der Waals surface area (Å²) in [5.74, 6) is 0.140. The molecule has 0 aromatic carbocycles. The van der Waals surface area contributed by atoms with E-state index in [0.29, 0.717) is 36.1 Å². The molecule has 4 amide bonds. The highest BCUT2D eigenvalue weighted by Crippen LogP contribution is 2.33. The fourth-order valence-corrected chi connectivity index (χ4v) is 4.20. The molecule has 0 bridgehead atoms. The van der Waals surface area contributed by atoms with Crippen molar-refractivity contribution in [2.45, 2.75) is 50.9 Å². The van der Waals surface area contributed by atoms with Crippen molar-refractivity contribution in [1.29, 1.82) is 0 Å². The van der Waals surface area contributed by atoms with Crippen molar-refractivity contribution in [3.63, 3.8) is 0 Å². The molecule has 1 aromatic heterocycles. The van der Waals surface area contributed by atoms with Crippen LogP contribution in [0.2, 0.25) is 0 Å². The first-order valence-corrected chi connectivity index (χ1v) is 9.65. The Morgan fingerprint density at radius 2 is 2.11 bits per heavy atom. The molecule has 0 spiro atoms. The molecule has 3 aliphatic rings. The molecule has 3 heterocycles. The molecule has 1 aliphatic carbocycles. The van der Waals surface area contributed by atoms with Gasteiger partial charge in [0.15, 0.2) is 0 Å². The summed E-state index contributed by atoms with van der Waals surface area (Å²) in [6, 6.07) is 1.21. The topological polar surface area (TPSA) is 104 Å². The molecule has 0 radical (unpaired) electrons. The highest BCUT2D eigenvalue weighted by Gasteiger charge is 2.36. The van der Waals surface area contributed by atoms with Gasteiger partial charge in [-0.15, -0.1) is 0 Å². The van der Waals surface area contributed by atoms with Crippen molar-refractivity contribution >= 4 is 17.8 Å². The van der Waals surface area contributed by atoms with Crippen LogP contribution in [0.5, 0.6) is 5.88 Å². The van der Waals surface area contributed by atoms with Gasteiger partial charge in [-0.1, -0.05) is 12.8 Å². The number of methoxy groups -OCH3 is 1. The summed E-state index contributed by atoms with van der Waals surface area (Å²) < 4.78 is 5.39. The van der Waals surface area contributed by atoms with E-state index in [1.165, 1.54) is 12.0 Å². The first kappa shape index (κ1) is 18.5. The molecule has 9 nitrogen and oxygen atoms in total. The SMILES string of the molecule is COc1nc2c(cc1CNC(=O)C1CN(C)C(=O)N1)C(=O)N(C1CCCC1)C2. The molecule has 4 rings (SSSR count). The summed E-state index contributed by atoms with van der Waals surface area (Å²) in [6.07, 6.45) is 4.40. The predicted molar refractivity (Wildman–Crippen MR) is 99.7 cm³/mol. The first-order chi connectivity index (χ1) is 13.5. The number of rotatable bonds is 5. The van der Waals surface area contributed by atoms with Gasteiger partial charge in [0, 0.05) is 25.2 Å². The van der Waals surface area contributed by atoms with E-state index in [1.807, 2.05) is 4.90 Å². The number of nitrogens with one attached hydrogen (secondary N) is 2. The molecule has 2 aliphatic heterocycles. The highest BCUT2D eigenvalue weighted by atomic mass is 16.5. The van der Waals surface area contributed by atoms with Crippen LogP contribution in [-0.4, -0.2) is 65.4 Å². The van der Waals surface area contributed by atoms with E-state index in [4.69, 9.17) is 4.74 Å². The quantitative estimate of drug-likeness (QED) is 0.771. The molecule has 1 saturated carbocycles. The van der Waals surface area contributed by atoms with E-state index in [-0.39, 0.29) is 24.4 Å². The molecule has 2 fully saturated rings. The normalized spacial score (nSPS) is 21.9. The Kier molecular flexibility index (Phi) is 4.82. The van der Waals surface area contributed by atoms with Gasteiger partial charge in [-0.05, 0) is 18.9 Å². The van der Waals surface area contributed by atoms with Gasteiger partial charge in [0.1, 0.15) is 6.04 Å². The van der Waals surface area contributed by atoms with Crippen LogP contribution < -0.4 is 15.4 Å². The Hall–Kier alpha value is -2.84. The summed E-state index contributed by atoms with van der Waals surface area (Å²) in [6.45, 7) is 1.01. The first-order valence-electron chi connectivity index (χ1n) is 9.65. The second kappa shape index (κ2) is 7.29. The Morgan fingerprint density at radius 1 is 1.36 bits per heavy atom. The van der Waals surface area contributed by atoms with Gasteiger partial charge < -0.3 is 25.2 Å². The Morgan fingerprint density at radius 3 is 2.75 bits per heavy atom. The summed E-state index contributed by atoms with van der Waals surface area (Å²) in [5, 5.41) is 5.43. The molecule has 150 valence electrons. The Bertz CT molecular complexity index is 821. The average Bonchev–Trinajstić information content (AvgIpc) is 3.40. The van der Waals surface area contributed by atoms with Crippen LogP contribution in [0.25, 0.3) is 0 Å². The number of amides is 4. The van der Waals surface area contributed by atoms with E-state index in [9.17, 15) is 14.4 Å². The van der Waals surface area contributed by atoms with Crippen LogP contribution in [-0.2, 0) is 17.9 Å². The number of ether oxygens (including phenoxy) is 1. The minimum absolute atomic E-state index is 0.00862. The summed E-state index contributed by atoms with van der Waals surface area (Å²) in [5.41, 5.74) is 1.97. The number of nitrogens with zero attached hydrogens (tertiary/aromatic N) is 3. The minimum Gasteiger partial charge on any atom is -0.481 e. The summed E-state index contributed by atoms with van der Waals surface area (Å²) >= 11 is 0. The fraction of sp³-hybridized carbons (Fsp3) is 0.579. The van der Waals surface area contributed by atoms with Gasteiger partial charge in [0.25, 0.3) is 5.91 Å². The van der Waals surface area contributed by atoms with Gasteiger partial charge in [0.2, 0.25) is 11.8 Å². The largest absolute Gasteiger partial charge is 0.481 e. The maximum Gasteiger partial charge on any atom is 0.317 e. The minimum atomic E-state index is -0.592. The molecular formula is C19H25N5O4. The van der Waals surface area contributed by atoms with Gasteiger partial charge >= 0.3 is 6.03 Å². The molecule has 1 aromatic rings. The van der Waals surface area contributed by atoms with E-state index in [0.717, 1.165) is 31.4 Å². The zero-order valence-electron chi connectivity index (χ0n) is 16.2. The second-order valence-corrected chi connectivity index (χ2v) is 7.62. The Labute approximate surface area is 163 Å². The standard InChI is InChI=1S/C19H25N5O4/c1-23-9-15(22-19(23)27)16(25)20-8-11-7-13-14(21-17(11)28-2)10-24(18(13)26)12-5-3-4-6-12/h7,12,15H,3-6,8-10H2,1-2H3,(H,20,25)(H,22,27). The molecular weight excluding hydrogens is 362 g/mol. The number of fused-ring (bicyclic) bond motifs is 1. The number of likely N-dealkylation sites (N-methyl/N-ethyl adjacent to an activating group) is 1. The second-order valence-electron chi connectivity index (χ2n) is 7.62. The lowest BCUT2D eigenvalue weighted by Gasteiger charge is -2.22. The maximum atomic E-state index is 12.9. The van der Waals surface area contributed by atoms with Crippen molar-refractivity contribution in [3.8, 4) is 5.88 Å². The summed E-state index contributed by atoms with van der Waals surface area (Å²) in [7, 11) is 3.16. The number of aromatic nitrogens is 1. The number of urea groups is 1. The zero-order chi connectivity index (χ0) is 19.8. The number of hydrogen-bond acceptors (Lipinski definition) is 5. The van der Waals surface area contributed by atoms with Gasteiger partial charge in [0.05, 0.1) is 31.5 Å². The molecule has 1 saturated heterocycles. The predicted octanol–water partition coefficient (Wildman–Crippen LogP) is 0.628. The van der Waals surface area contributed by atoms with Crippen molar-refractivity contribution in [2.75, 3.05) is 20.7 Å². The van der Waals surface area contributed by atoms with Crippen LogP contribution in [0.3, 0.4) is 0 Å². The van der Waals surface area contributed by atoms with Crippen LogP contribution in [0.4, 0.5) is 4.79 Å². The van der Waals surface area contributed by atoms with Crippen LogP contribution in [0.15, 0.2) is 6.07 Å².